The highest BCUT2D eigenvalue weighted by atomic mass is 16.5. The summed E-state index contributed by atoms with van der Waals surface area (Å²) < 4.78 is 7.30. The molecule has 0 bridgehead atoms. The van der Waals surface area contributed by atoms with Crippen LogP contribution < -0.4 is 10.1 Å². The molecule has 0 unspecified atom stereocenters. The van der Waals surface area contributed by atoms with E-state index in [0.717, 1.165) is 16.5 Å². The zero-order chi connectivity index (χ0) is 19.9. The normalized spacial score (nSPS) is 10.7. The molecule has 1 heterocycles. The second-order valence-electron chi connectivity index (χ2n) is 6.16. The fourth-order valence-corrected chi connectivity index (χ4v) is 2.88. The molecule has 0 fully saturated rings. The molecule has 0 aliphatic rings. The van der Waals surface area contributed by atoms with Crippen molar-refractivity contribution in [3.63, 3.8) is 0 Å². The van der Waals surface area contributed by atoms with Gasteiger partial charge < -0.3 is 14.6 Å². The Morgan fingerprint density at radius 3 is 2.64 bits per heavy atom. The van der Waals surface area contributed by atoms with Crippen molar-refractivity contribution in [1.29, 1.82) is 5.26 Å². The SMILES string of the molecule is CC(=O)Nc1ccc(OC(=O)/C=C/c2cn(CCC#N)c3ccccc23)cc1. The first-order chi connectivity index (χ1) is 13.6. The Morgan fingerprint density at radius 1 is 1.18 bits per heavy atom. The van der Waals surface area contributed by atoms with Crippen LogP contribution in [0.3, 0.4) is 0 Å². The van der Waals surface area contributed by atoms with Crippen LogP contribution in [0.25, 0.3) is 17.0 Å². The Morgan fingerprint density at radius 2 is 1.93 bits per heavy atom. The van der Waals surface area contributed by atoms with Gasteiger partial charge in [0.25, 0.3) is 0 Å². The lowest BCUT2D eigenvalue weighted by atomic mass is 10.1. The molecule has 0 saturated heterocycles. The van der Waals surface area contributed by atoms with Gasteiger partial charge in [-0.05, 0) is 36.4 Å². The number of carbonyl (C=O) groups is 2. The molecule has 0 radical (unpaired) electrons. The number of benzene rings is 2. The minimum absolute atomic E-state index is 0.165. The second kappa shape index (κ2) is 8.69. The van der Waals surface area contributed by atoms with E-state index in [2.05, 4.69) is 11.4 Å². The van der Waals surface area contributed by atoms with Crippen molar-refractivity contribution in [3.8, 4) is 11.8 Å². The van der Waals surface area contributed by atoms with Crippen LogP contribution in [-0.2, 0) is 16.1 Å². The average Bonchev–Trinajstić information content (AvgIpc) is 3.04. The van der Waals surface area contributed by atoms with Gasteiger partial charge in [-0.25, -0.2) is 4.79 Å². The monoisotopic (exact) mass is 373 g/mol. The third kappa shape index (κ3) is 4.65. The fourth-order valence-electron chi connectivity index (χ4n) is 2.88. The molecule has 1 aromatic heterocycles. The number of carbonyl (C=O) groups excluding carboxylic acids is 2. The molecule has 6 nitrogen and oxygen atoms in total. The molecule has 6 heteroatoms. The summed E-state index contributed by atoms with van der Waals surface area (Å²) in [5, 5.41) is 12.5. The number of nitrogens with zero attached hydrogens (tertiary/aromatic N) is 2. The second-order valence-corrected chi connectivity index (χ2v) is 6.16. The summed E-state index contributed by atoms with van der Waals surface area (Å²) in [6.45, 7) is 2.02. The molecule has 0 saturated carbocycles. The quantitative estimate of drug-likeness (QED) is 0.400. The predicted molar refractivity (Wildman–Crippen MR) is 108 cm³/mol. The Bertz CT molecular complexity index is 1070. The van der Waals surface area contributed by atoms with E-state index >= 15 is 0 Å². The molecule has 28 heavy (non-hydrogen) atoms. The van der Waals surface area contributed by atoms with Gasteiger partial charge in [0.2, 0.25) is 5.91 Å². The average molecular weight is 373 g/mol. The Labute approximate surface area is 162 Å². The van der Waals surface area contributed by atoms with Crippen molar-refractivity contribution in [3.05, 3.63) is 66.4 Å². The summed E-state index contributed by atoms with van der Waals surface area (Å²) in [6, 6.07) is 16.5. The standard InChI is InChI=1S/C22H19N3O3/c1-16(26)24-18-8-10-19(11-9-18)28-22(27)12-7-17-15-25(14-4-13-23)21-6-3-2-5-20(17)21/h2-3,5-12,15H,4,14H2,1H3,(H,24,26)/b12-7+. The van der Waals surface area contributed by atoms with Gasteiger partial charge in [-0.1, -0.05) is 18.2 Å². The third-order valence-electron chi connectivity index (χ3n) is 4.08. The largest absolute Gasteiger partial charge is 0.423 e. The number of aryl methyl sites for hydroxylation is 1. The predicted octanol–water partition coefficient (Wildman–Crippen LogP) is 4.13. The van der Waals surface area contributed by atoms with E-state index in [1.807, 2.05) is 35.0 Å². The van der Waals surface area contributed by atoms with Crippen molar-refractivity contribution >= 4 is 34.5 Å². The molecule has 0 aliphatic carbocycles. The summed E-state index contributed by atoms with van der Waals surface area (Å²) in [4.78, 5) is 23.2. The Kier molecular flexibility index (Phi) is 5.87. The summed E-state index contributed by atoms with van der Waals surface area (Å²) >= 11 is 0. The van der Waals surface area contributed by atoms with Gasteiger partial charge in [-0.3, -0.25) is 4.79 Å². The zero-order valence-corrected chi connectivity index (χ0v) is 15.4. The van der Waals surface area contributed by atoms with Crippen molar-refractivity contribution in [2.45, 2.75) is 19.9 Å². The van der Waals surface area contributed by atoms with Gasteiger partial charge in [0.15, 0.2) is 0 Å². The van der Waals surface area contributed by atoms with Crippen LogP contribution in [0.4, 0.5) is 5.69 Å². The maximum atomic E-state index is 12.1. The maximum Gasteiger partial charge on any atom is 0.336 e. The molecule has 3 rings (SSSR count). The summed E-state index contributed by atoms with van der Waals surface area (Å²) in [7, 11) is 0. The van der Waals surface area contributed by atoms with E-state index in [0.29, 0.717) is 24.4 Å². The number of esters is 1. The first-order valence-corrected chi connectivity index (χ1v) is 8.79. The summed E-state index contributed by atoms with van der Waals surface area (Å²) in [5.74, 6) is -0.275. The van der Waals surface area contributed by atoms with Crippen LogP contribution in [0.15, 0.2) is 60.8 Å². The number of nitrogens with one attached hydrogen (secondary N) is 1. The van der Waals surface area contributed by atoms with Crippen LogP contribution >= 0.6 is 0 Å². The lowest BCUT2D eigenvalue weighted by Crippen LogP contribution is -2.06. The molecule has 3 aromatic rings. The van der Waals surface area contributed by atoms with Crippen LogP contribution in [0.2, 0.25) is 0 Å². The van der Waals surface area contributed by atoms with Crippen LogP contribution in [0, 0.1) is 11.3 Å². The van der Waals surface area contributed by atoms with Crippen molar-refractivity contribution in [1.82, 2.24) is 4.57 Å². The van der Waals surface area contributed by atoms with E-state index in [-0.39, 0.29) is 5.91 Å². The first-order valence-electron chi connectivity index (χ1n) is 8.79. The molecule has 0 aliphatic heterocycles. The van der Waals surface area contributed by atoms with Gasteiger partial charge in [-0.2, -0.15) is 5.26 Å². The highest BCUT2D eigenvalue weighted by Crippen LogP contribution is 2.23. The van der Waals surface area contributed by atoms with E-state index in [9.17, 15) is 9.59 Å². The Hall–Kier alpha value is -3.85. The minimum Gasteiger partial charge on any atom is -0.423 e. The van der Waals surface area contributed by atoms with E-state index in [1.165, 1.54) is 13.0 Å². The molecular formula is C22H19N3O3. The van der Waals surface area contributed by atoms with Crippen molar-refractivity contribution in [2.75, 3.05) is 5.32 Å². The lowest BCUT2D eigenvalue weighted by Gasteiger charge is -2.04. The molecule has 1 amide bonds. The highest BCUT2D eigenvalue weighted by Gasteiger charge is 2.07. The van der Waals surface area contributed by atoms with E-state index in [1.54, 1.807) is 30.3 Å². The number of hydrogen-bond acceptors (Lipinski definition) is 4. The molecule has 0 atom stereocenters. The molecule has 1 N–H and O–H groups in total. The van der Waals surface area contributed by atoms with Crippen molar-refractivity contribution < 1.29 is 14.3 Å². The van der Waals surface area contributed by atoms with Gasteiger partial charge in [0.1, 0.15) is 5.75 Å². The van der Waals surface area contributed by atoms with Crippen LogP contribution in [0.5, 0.6) is 5.75 Å². The smallest absolute Gasteiger partial charge is 0.336 e. The first kappa shape index (κ1) is 18.9. The number of nitriles is 1. The van der Waals surface area contributed by atoms with Gasteiger partial charge >= 0.3 is 5.97 Å². The molecule has 2 aromatic carbocycles. The number of para-hydroxylation sites is 1. The van der Waals surface area contributed by atoms with Gasteiger partial charge in [0.05, 0.1) is 12.5 Å². The van der Waals surface area contributed by atoms with Crippen LogP contribution in [-0.4, -0.2) is 16.4 Å². The molecule has 140 valence electrons. The number of ether oxygens (including phenoxy) is 1. The number of rotatable bonds is 6. The number of hydrogen-bond donors (Lipinski definition) is 1. The number of fused-ring (bicyclic) bond motifs is 1. The molecular weight excluding hydrogens is 354 g/mol. The number of aromatic nitrogens is 1. The topological polar surface area (TPSA) is 84.1 Å². The van der Waals surface area contributed by atoms with Crippen molar-refractivity contribution in [2.24, 2.45) is 0 Å². The number of anilines is 1. The Balaban J connectivity index is 1.72. The molecule has 0 spiro atoms. The van der Waals surface area contributed by atoms with Crippen LogP contribution in [0.1, 0.15) is 18.9 Å². The zero-order valence-electron chi connectivity index (χ0n) is 15.4. The maximum absolute atomic E-state index is 12.1. The third-order valence-corrected chi connectivity index (χ3v) is 4.08. The lowest BCUT2D eigenvalue weighted by molar-refractivity contribution is -0.128. The summed E-state index contributed by atoms with van der Waals surface area (Å²) in [6.07, 6.45) is 5.42. The number of amides is 1. The fraction of sp³-hybridized carbons (Fsp3) is 0.136. The van der Waals surface area contributed by atoms with E-state index in [4.69, 9.17) is 10.00 Å². The minimum atomic E-state index is -0.499. The van der Waals surface area contributed by atoms with E-state index < -0.39 is 5.97 Å². The van der Waals surface area contributed by atoms with Gasteiger partial charge in [-0.15, -0.1) is 0 Å². The highest BCUT2D eigenvalue weighted by molar-refractivity contribution is 5.95. The van der Waals surface area contributed by atoms with Gasteiger partial charge in [0, 0.05) is 47.9 Å². The summed E-state index contributed by atoms with van der Waals surface area (Å²) in [5.41, 5.74) is 2.53.